The molecule has 12 heteroatoms. The number of fused-ring (bicyclic) bond motifs is 1. The SMILES string of the molecule is CCOC(=O)C1CC(NS(=O)(=O)c2cccc(C)c2)CN1CC1CCC2CN(C(=O)OC)C(C(=O)OCC)CC2C1. The summed E-state index contributed by atoms with van der Waals surface area (Å²) in [6, 6.07) is 5.11. The number of sulfonamides is 1. The van der Waals surface area contributed by atoms with Gasteiger partial charge in [0.1, 0.15) is 12.1 Å². The maximum absolute atomic E-state index is 13.1. The van der Waals surface area contributed by atoms with Crippen LogP contribution < -0.4 is 4.72 Å². The van der Waals surface area contributed by atoms with E-state index in [1.807, 2.05) is 13.0 Å². The summed E-state index contributed by atoms with van der Waals surface area (Å²) in [5.74, 6) is -0.0168. The topological polar surface area (TPSA) is 132 Å². The van der Waals surface area contributed by atoms with Gasteiger partial charge in [0.05, 0.1) is 25.2 Å². The van der Waals surface area contributed by atoms with E-state index in [1.165, 1.54) is 12.0 Å². The largest absolute Gasteiger partial charge is 0.465 e. The third-order valence-corrected chi connectivity index (χ3v) is 10.1. The Hall–Kier alpha value is -2.70. The third kappa shape index (κ3) is 7.39. The molecule has 3 aliphatic rings. The Balaban J connectivity index is 1.44. The average molecular weight is 594 g/mol. The predicted octanol–water partition coefficient (Wildman–Crippen LogP) is 2.72. The van der Waals surface area contributed by atoms with Crippen molar-refractivity contribution in [2.24, 2.45) is 17.8 Å². The minimum atomic E-state index is -3.75. The smallest absolute Gasteiger partial charge is 0.410 e. The lowest BCUT2D eigenvalue weighted by molar-refractivity contribution is -0.153. The molecule has 1 amide bonds. The van der Waals surface area contributed by atoms with Crippen LogP contribution in [0, 0.1) is 24.7 Å². The summed E-state index contributed by atoms with van der Waals surface area (Å²) in [4.78, 5) is 41.8. The minimum Gasteiger partial charge on any atom is -0.465 e. The van der Waals surface area contributed by atoms with Crippen molar-refractivity contribution in [1.29, 1.82) is 0 Å². The lowest BCUT2D eigenvalue weighted by atomic mass is 9.69. The normalized spacial score (nSPS) is 28.5. The lowest BCUT2D eigenvalue weighted by Gasteiger charge is -2.46. The van der Waals surface area contributed by atoms with Gasteiger partial charge in [0, 0.05) is 25.7 Å². The molecule has 1 saturated carbocycles. The van der Waals surface area contributed by atoms with Crippen LogP contribution in [-0.2, 0) is 33.8 Å². The minimum absolute atomic E-state index is 0.205. The zero-order valence-electron chi connectivity index (χ0n) is 24.4. The van der Waals surface area contributed by atoms with E-state index in [4.69, 9.17) is 14.2 Å². The van der Waals surface area contributed by atoms with E-state index in [2.05, 4.69) is 9.62 Å². The first-order valence-corrected chi connectivity index (χ1v) is 16.0. The van der Waals surface area contributed by atoms with Gasteiger partial charge in [-0.25, -0.2) is 22.7 Å². The first-order chi connectivity index (χ1) is 19.6. The Kier molecular flexibility index (Phi) is 10.3. The number of hydrogen-bond donors (Lipinski definition) is 1. The van der Waals surface area contributed by atoms with Gasteiger partial charge in [-0.2, -0.15) is 0 Å². The van der Waals surface area contributed by atoms with E-state index in [9.17, 15) is 22.8 Å². The number of nitrogens with one attached hydrogen (secondary N) is 1. The Bertz CT molecular complexity index is 1210. The standard InChI is InChI=1S/C29H43N3O8S/c1-5-39-27(33)25-15-23(30-41(36,37)24-9-7-8-19(3)12-24)18-31(25)16-20-10-11-21-17-32(29(35)38-4)26(14-22(21)13-20)28(34)40-6-2/h7-9,12,20-23,25-26,30H,5-6,10-11,13-18H2,1-4H3. The molecule has 228 valence electrons. The van der Waals surface area contributed by atoms with Gasteiger partial charge in [-0.05, 0) is 88.3 Å². The van der Waals surface area contributed by atoms with E-state index in [-0.39, 0.29) is 41.8 Å². The molecule has 1 aromatic carbocycles. The first-order valence-electron chi connectivity index (χ1n) is 14.6. The van der Waals surface area contributed by atoms with Gasteiger partial charge >= 0.3 is 18.0 Å². The molecule has 2 aliphatic heterocycles. The second kappa shape index (κ2) is 13.5. The summed E-state index contributed by atoms with van der Waals surface area (Å²) in [5, 5.41) is 0. The molecule has 2 saturated heterocycles. The number of ether oxygens (including phenoxy) is 3. The number of carbonyl (C=O) groups excluding carboxylic acids is 3. The van der Waals surface area contributed by atoms with Gasteiger partial charge in [0.15, 0.2) is 0 Å². The molecule has 0 spiro atoms. The van der Waals surface area contributed by atoms with Gasteiger partial charge in [-0.3, -0.25) is 14.6 Å². The molecule has 0 aromatic heterocycles. The summed E-state index contributed by atoms with van der Waals surface area (Å²) >= 11 is 0. The van der Waals surface area contributed by atoms with Crippen LogP contribution >= 0.6 is 0 Å². The summed E-state index contributed by atoms with van der Waals surface area (Å²) in [6.07, 6.45) is 2.97. The van der Waals surface area contributed by atoms with Crippen molar-refractivity contribution in [3.8, 4) is 0 Å². The Morgan fingerprint density at radius 3 is 2.32 bits per heavy atom. The van der Waals surface area contributed by atoms with Gasteiger partial charge in [0.2, 0.25) is 10.0 Å². The van der Waals surface area contributed by atoms with E-state index >= 15 is 0 Å². The third-order valence-electron chi connectivity index (χ3n) is 8.63. The zero-order chi connectivity index (χ0) is 29.7. The highest BCUT2D eigenvalue weighted by atomic mass is 32.2. The number of rotatable bonds is 9. The summed E-state index contributed by atoms with van der Waals surface area (Å²) in [5.41, 5.74) is 0.851. The monoisotopic (exact) mass is 593 g/mol. The molecule has 6 atom stereocenters. The molecule has 11 nitrogen and oxygen atoms in total. The van der Waals surface area contributed by atoms with E-state index < -0.39 is 40.2 Å². The molecule has 0 radical (unpaired) electrons. The molecule has 0 bridgehead atoms. The van der Waals surface area contributed by atoms with Crippen molar-refractivity contribution in [2.75, 3.05) is 40.0 Å². The quantitative estimate of drug-likeness (QED) is 0.339. The number of likely N-dealkylation sites (tertiary alicyclic amines) is 2. The summed E-state index contributed by atoms with van der Waals surface area (Å²) < 4.78 is 44.6. The van der Waals surface area contributed by atoms with Gasteiger partial charge in [-0.15, -0.1) is 0 Å². The van der Waals surface area contributed by atoms with Crippen molar-refractivity contribution < 1.29 is 37.0 Å². The molecule has 1 aromatic rings. The van der Waals surface area contributed by atoms with Crippen molar-refractivity contribution in [2.45, 2.75) is 75.9 Å². The van der Waals surface area contributed by atoms with Crippen molar-refractivity contribution in [1.82, 2.24) is 14.5 Å². The number of esters is 2. The number of hydrogen-bond acceptors (Lipinski definition) is 9. The average Bonchev–Trinajstić information content (AvgIpc) is 3.33. The molecular weight excluding hydrogens is 550 g/mol. The van der Waals surface area contributed by atoms with Crippen LogP contribution in [0.4, 0.5) is 4.79 Å². The first kappa shape index (κ1) is 31.2. The van der Waals surface area contributed by atoms with Gasteiger partial charge in [0.25, 0.3) is 0 Å². The van der Waals surface area contributed by atoms with Crippen LogP contribution in [0.25, 0.3) is 0 Å². The maximum atomic E-state index is 13.1. The molecule has 4 rings (SSSR count). The Labute approximate surface area is 242 Å². The van der Waals surface area contributed by atoms with Crippen molar-refractivity contribution >= 4 is 28.1 Å². The van der Waals surface area contributed by atoms with Crippen LogP contribution in [0.15, 0.2) is 29.2 Å². The Morgan fingerprint density at radius 2 is 1.66 bits per heavy atom. The molecule has 1 N–H and O–H groups in total. The molecule has 3 fully saturated rings. The molecule has 2 heterocycles. The number of benzene rings is 1. The number of aryl methyl sites for hydroxylation is 1. The van der Waals surface area contributed by atoms with Crippen LogP contribution in [0.3, 0.4) is 0 Å². The second-order valence-corrected chi connectivity index (χ2v) is 13.1. The Morgan fingerprint density at radius 1 is 0.951 bits per heavy atom. The van der Waals surface area contributed by atoms with Crippen LogP contribution in [-0.4, -0.2) is 94.3 Å². The van der Waals surface area contributed by atoms with Gasteiger partial charge in [-0.1, -0.05) is 12.1 Å². The fourth-order valence-electron chi connectivity index (χ4n) is 6.77. The lowest BCUT2D eigenvalue weighted by Crippen LogP contribution is -2.55. The zero-order valence-corrected chi connectivity index (χ0v) is 25.2. The number of carbonyl (C=O) groups is 3. The van der Waals surface area contributed by atoms with Gasteiger partial charge < -0.3 is 14.2 Å². The highest BCUT2D eigenvalue weighted by molar-refractivity contribution is 7.89. The molecule has 6 unspecified atom stereocenters. The molecular formula is C29H43N3O8S. The fraction of sp³-hybridized carbons (Fsp3) is 0.690. The second-order valence-electron chi connectivity index (χ2n) is 11.4. The van der Waals surface area contributed by atoms with Crippen LogP contribution in [0.2, 0.25) is 0 Å². The highest BCUT2D eigenvalue weighted by Crippen LogP contribution is 2.42. The highest BCUT2D eigenvalue weighted by Gasteiger charge is 2.46. The summed E-state index contributed by atoms with van der Waals surface area (Å²) in [7, 11) is -2.43. The predicted molar refractivity (Wildman–Crippen MR) is 150 cm³/mol. The number of nitrogens with zero attached hydrogens (tertiary/aromatic N) is 2. The number of methoxy groups -OCH3 is 1. The maximum Gasteiger partial charge on any atom is 0.410 e. The van der Waals surface area contributed by atoms with E-state index in [0.29, 0.717) is 32.5 Å². The summed E-state index contributed by atoms with van der Waals surface area (Å²) in [6.45, 7) is 7.31. The van der Waals surface area contributed by atoms with E-state index in [1.54, 1.807) is 32.0 Å². The number of amides is 1. The fourth-order valence-corrected chi connectivity index (χ4v) is 8.11. The molecule has 1 aliphatic carbocycles. The van der Waals surface area contributed by atoms with E-state index in [0.717, 1.165) is 24.8 Å². The van der Waals surface area contributed by atoms with Crippen molar-refractivity contribution in [3.63, 3.8) is 0 Å². The van der Waals surface area contributed by atoms with Crippen LogP contribution in [0.1, 0.15) is 51.5 Å². The van der Waals surface area contributed by atoms with Crippen LogP contribution in [0.5, 0.6) is 0 Å². The number of piperidine rings is 1. The van der Waals surface area contributed by atoms with Crippen molar-refractivity contribution in [3.05, 3.63) is 29.8 Å². The molecule has 41 heavy (non-hydrogen) atoms.